The van der Waals surface area contributed by atoms with Crippen LogP contribution >= 0.6 is 0 Å². The van der Waals surface area contributed by atoms with Crippen molar-refractivity contribution in [2.45, 2.75) is 19.8 Å². The van der Waals surface area contributed by atoms with Crippen LogP contribution in [0.2, 0.25) is 0 Å². The monoisotopic (exact) mass is 292 g/mol. The maximum atomic E-state index is 11.8. The van der Waals surface area contributed by atoms with Crippen LogP contribution in [0.1, 0.15) is 19.8 Å². The van der Waals surface area contributed by atoms with E-state index in [4.69, 9.17) is 5.73 Å². The van der Waals surface area contributed by atoms with Crippen LogP contribution in [0.25, 0.3) is 0 Å². The van der Waals surface area contributed by atoms with E-state index < -0.39 is 0 Å². The maximum absolute atomic E-state index is 11.8. The largest absolute Gasteiger partial charge is 0.399 e. The highest BCUT2D eigenvalue weighted by atomic mass is 16.2. The Balaban J connectivity index is 2.23. The SMILES string of the molecule is CCNC(=O)CN(C)CCCC(=O)Nc1cccc(N)c1. The molecule has 0 saturated carbocycles. The van der Waals surface area contributed by atoms with E-state index in [9.17, 15) is 9.59 Å². The normalized spacial score (nSPS) is 10.4. The first kappa shape index (κ1) is 17.0. The number of nitrogens with zero attached hydrogens (tertiary/aromatic N) is 1. The molecule has 21 heavy (non-hydrogen) atoms. The lowest BCUT2D eigenvalue weighted by molar-refractivity contribution is -0.121. The second-order valence-corrected chi connectivity index (χ2v) is 4.97. The Morgan fingerprint density at radius 2 is 2.05 bits per heavy atom. The number of nitrogen functional groups attached to an aromatic ring is 1. The Morgan fingerprint density at radius 1 is 1.29 bits per heavy atom. The Labute approximate surface area is 125 Å². The smallest absolute Gasteiger partial charge is 0.234 e. The molecule has 0 unspecified atom stereocenters. The molecule has 0 aliphatic carbocycles. The molecule has 0 aliphatic rings. The van der Waals surface area contributed by atoms with E-state index in [0.717, 1.165) is 0 Å². The summed E-state index contributed by atoms with van der Waals surface area (Å²) in [6.07, 6.45) is 1.11. The van der Waals surface area contributed by atoms with Crippen LogP contribution in [0, 0.1) is 0 Å². The standard InChI is InChI=1S/C15H24N4O2/c1-3-17-15(21)11-19(2)9-5-8-14(20)18-13-7-4-6-12(16)10-13/h4,6-7,10H,3,5,8-9,11,16H2,1-2H3,(H,17,21)(H,18,20). The molecule has 116 valence electrons. The van der Waals surface area contributed by atoms with Crippen LogP contribution in [0.15, 0.2) is 24.3 Å². The molecular formula is C15H24N4O2. The van der Waals surface area contributed by atoms with Gasteiger partial charge in [-0.15, -0.1) is 0 Å². The molecule has 0 aromatic heterocycles. The van der Waals surface area contributed by atoms with Crippen molar-refractivity contribution in [2.75, 3.05) is 37.7 Å². The van der Waals surface area contributed by atoms with E-state index >= 15 is 0 Å². The minimum atomic E-state index is -0.0491. The molecule has 0 bridgehead atoms. The van der Waals surface area contributed by atoms with Gasteiger partial charge in [-0.2, -0.15) is 0 Å². The van der Waals surface area contributed by atoms with Gasteiger partial charge in [0.15, 0.2) is 0 Å². The summed E-state index contributed by atoms with van der Waals surface area (Å²) < 4.78 is 0. The number of nitrogens with two attached hydrogens (primary N) is 1. The number of amides is 2. The molecule has 0 fully saturated rings. The predicted molar refractivity (Wildman–Crippen MR) is 84.9 cm³/mol. The Kier molecular flexibility index (Phi) is 7.25. The Hall–Kier alpha value is -2.08. The maximum Gasteiger partial charge on any atom is 0.234 e. The number of benzene rings is 1. The first-order valence-electron chi connectivity index (χ1n) is 7.12. The van der Waals surface area contributed by atoms with Crippen molar-refractivity contribution < 1.29 is 9.59 Å². The molecule has 4 N–H and O–H groups in total. The van der Waals surface area contributed by atoms with E-state index in [1.165, 1.54) is 0 Å². The third-order valence-electron chi connectivity index (χ3n) is 2.90. The highest BCUT2D eigenvalue weighted by molar-refractivity contribution is 5.91. The van der Waals surface area contributed by atoms with Crippen LogP contribution in [0.3, 0.4) is 0 Å². The summed E-state index contributed by atoms with van der Waals surface area (Å²) in [5.74, 6) is -0.0452. The second-order valence-electron chi connectivity index (χ2n) is 4.97. The summed E-state index contributed by atoms with van der Waals surface area (Å²) in [4.78, 5) is 25.1. The van der Waals surface area contributed by atoms with Crippen LogP contribution in [0.4, 0.5) is 11.4 Å². The Bertz CT molecular complexity index is 476. The predicted octanol–water partition coefficient (Wildman–Crippen LogP) is 1.06. The molecule has 2 amide bonds. The van der Waals surface area contributed by atoms with Gasteiger partial charge in [-0.3, -0.25) is 14.5 Å². The molecule has 6 nitrogen and oxygen atoms in total. The molecule has 0 atom stereocenters. The van der Waals surface area contributed by atoms with Crippen molar-refractivity contribution in [1.82, 2.24) is 10.2 Å². The topological polar surface area (TPSA) is 87.5 Å². The number of rotatable bonds is 8. The fraction of sp³-hybridized carbons (Fsp3) is 0.467. The van der Waals surface area contributed by atoms with Gasteiger partial charge in [-0.1, -0.05) is 6.07 Å². The molecule has 6 heteroatoms. The molecule has 0 heterocycles. The van der Waals surface area contributed by atoms with E-state index in [-0.39, 0.29) is 11.8 Å². The second kappa shape index (κ2) is 8.97. The third-order valence-corrected chi connectivity index (χ3v) is 2.90. The zero-order chi connectivity index (χ0) is 15.7. The highest BCUT2D eigenvalue weighted by Gasteiger charge is 2.07. The molecular weight excluding hydrogens is 268 g/mol. The number of nitrogens with one attached hydrogen (secondary N) is 2. The summed E-state index contributed by atoms with van der Waals surface area (Å²) in [6, 6.07) is 7.09. The van der Waals surface area contributed by atoms with Crippen molar-refractivity contribution in [1.29, 1.82) is 0 Å². The molecule has 0 saturated heterocycles. The molecule has 1 aromatic rings. The van der Waals surface area contributed by atoms with E-state index in [2.05, 4.69) is 10.6 Å². The fourth-order valence-corrected chi connectivity index (χ4v) is 1.93. The minimum absolute atomic E-state index is 0.00390. The summed E-state index contributed by atoms with van der Waals surface area (Å²) in [5.41, 5.74) is 6.97. The van der Waals surface area contributed by atoms with E-state index in [1.54, 1.807) is 24.3 Å². The first-order chi connectivity index (χ1) is 10.0. The zero-order valence-electron chi connectivity index (χ0n) is 12.7. The summed E-state index contributed by atoms with van der Waals surface area (Å²) in [7, 11) is 1.87. The average molecular weight is 292 g/mol. The number of anilines is 2. The van der Waals surface area contributed by atoms with Crippen LogP contribution in [0.5, 0.6) is 0 Å². The van der Waals surface area contributed by atoms with Crippen molar-refractivity contribution in [3.05, 3.63) is 24.3 Å². The lowest BCUT2D eigenvalue weighted by Gasteiger charge is -2.15. The van der Waals surface area contributed by atoms with Gasteiger partial charge >= 0.3 is 0 Å². The van der Waals surface area contributed by atoms with Crippen molar-refractivity contribution in [2.24, 2.45) is 0 Å². The molecule has 0 spiro atoms. The Morgan fingerprint density at radius 3 is 2.71 bits per heavy atom. The van der Waals surface area contributed by atoms with E-state index in [0.29, 0.717) is 43.9 Å². The summed E-state index contributed by atoms with van der Waals surface area (Å²) in [6.45, 7) is 3.57. The van der Waals surface area contributed by atoms with Gasteiger partial charge in [0.05, 0.1) is 6.54 Å². The third kappa shape index (κ3) is 7.31. The van der Waals surface area contributed by atoms with Crippen LogP contribution in [-0.2, 0) is 9.59 Å². The summed E-state index contributed by atoms with van der Waals surface area (Å²) >= 11 is 0. The average Bonchev–Trinajstić information content (AvgIpc) is 2.38. The number of likely N-dealkylation sites (N-methyl/N-ethyl adjacent to an activating group) is 2. The lowest BCUT2D eigenvalue weighted by Crippen LogP contribution is -2.35. The highest BCUT2D eigenvalue weighted by Crippen LogP contribution is 2.12. The van der Waals surface area contributed by atoms with Gasteiger partial charge in [0.25, 0.3) is 0 Å². The molecule has 1 aromatic carbocycles. The van der Waals surface area contributed by atoms with Gasteiger partial charge in [0, 0.05) is 24.3 Å². The first-order valence-corrected chi connectivity index (χ1v) is 7.12. The number of carbonyl (C=O) groups excluding carboxylic acids is 2. The van der Waals surface area contributed by atoms with Gasteiger partial charge in [-0.25, -0.2) is 0 Å². The molecule has 0 aliphatic heterocycles. The van der Waals surface area contributed by atoms with E-state index in [1.807, 2.05) is 18.9 Å². The van der Waals surface area contributed by atoms with Gasteiger partial charge < -0.3 is 16.4 Å². The fourth-order valence-electron chi connectivity index (χ4n) is 1.93. The zero-order valence-corrected chi connectivity index (χ0v) is 12.7. The molecule has 1 rings (SSSR count). The lowest BCUT2D eigenvalue weighted by atomic mass is 10.2. The minimum Gasteiger partial charge on any atom is -0.399 e. The van der Waals surface area contributed by atoms with Gasteiger partial charge in [-0.05, 0) is 45.1 Å². The van der Waals surface area contributed by atoms with Crippen molar-refractivity contribution in [3.63, 3.8) is 0 Å². The van der Waals surface area contributed by atoms with Gasteiger partial charge in [0.2, 0.25) is 11.8 Å². The number of hydrogen-bond donors (Lipinski definition) is 3. The van der Waals surface area contributed by atoms with Crippen molar-refractivity contribution in [3.8, 4) is 0 Å². The molecule has 0 radical (unpaired) electrons. The number of carbonyl (C=O) groups is 2. The van der Waals surface area contributed by atoms with Crippen LogP contribution < -0.4 is 16.4 Å². The van der Waals surface area contributed by atoms with Crippen LogP contribution in [-0.4, -0.2) is 43.4 Å². The quantitative estimate of drug-likeness (QED) is 0.625. The van der Waals surface area contributed by atoms with Gasteiger partial charge in [0.1, 0.15) is 0 Å². The number of hydrogen-bond acceptors (Lipinski definition) is 4. The van der Waals surface area contributed by atoms with Crippen molar-refractivity contribution >= 4 is 23.2 Å². The summed E-state index contributed by atoms with van der Waals surface area (Å²) in [5, 5.41) is 5.54.